The molecule has 0 fully saturated rings. The number of carbonyl (C=O) groups is 2. The van der Waals surface area contributed by atoms with E-state index in [0.717, 1.165) is 6.42 Å². The zero-order valence-corrected chi connectivity index (χ0v) is 13.8. The molecule has 4 nitrogen and oxygen atoms in total. The van der Waals surface area contributed by atoms with Crippen molar-refractivity contribution >= 4 is 11.8 Å². The van der Waals surface area contributed by atoms with Gasteiger partial charge in [-0.1, -0.05) is 29.8 Å². The van der Waals surface area contributed by atoms with Gasteiger partial charge in [0.25, 0.3) is 5.91 Å². The third kappa shape index (κ3) is 6.27. The van der Waals surface area contributed by atoms with Crippen LogP contribution >= 0.6 is 0 Å². The zero-order valence-electron chi connectivity index (χ0n) is 13.8. The summed E-state index contributed by atoms with van der Waals surface area (Å²) in [5.74, 6) is -0.152. The minimum absolute atomic E-state index is 0.0118. The highest BCUT2D eigenvalue weighted by molar-refractivity contribution is 5.94. The van der Waals surface area contributed by atoms with Crippen molar-refractivity contribution in [2.24, 2.45) is 0 Å². The summed E-state index contributed by atoms with van der Waals surface area (Å²) < 4.78 is 0. The summed E-state index contributed by atoms with van der Waals surface area (Å²) in [5.41, 5.74) is 2.07. The van der Waals surface area contributed by atoms with Crippen molar-refractivity contribution < 1.29 is 9.59 Å². The molecule has 0 aromatic heterocycles. The Morgan fingerprint density at radius 2 is 1.96 bits per heavy atom. The molecule has 0 saturated carbocycles. The number of rotatable bonds is 7. The predicted molar refractivity (Wildman–Crippen MR) is 92.2 cm³/mol. The second-order valence-electron chi connectivity index (χ2n) is 6.15. The largest absolute Gasteiger partial charge is 0.356 e. The van der Waals surface area contributed by atoms with E-state index in [2.05, 4.69) is 16.7 Å². The highest BCUT2D eigenvalue weighted by Gasteiger charge is 2.13. The Morgan fingerprint density at radius 1 is 1.17 bits per heavy atom. The topological polar surface area (TPSA) is 58.2 Å². The SMILES string of the molecule is CC(CC(=O)NCCC1=CCCCC1)NC(=O)c1ccccc1. The van der Waals surface area contributed by atoms with Gasteiger partial charge in [0.15, 0.2) is 0 Å². The summed E-state index contributed by atoms with van der Waals surface area (Å²) in [6, 6.07) is 8.87. The van der Waals surface area contributed by atoms with E-state index in [9.17, 15) is 9.59 Å². The molecule has 2 amide bonds. The van der Waals surface area contributed by atoms with Gasteiger partial charge >= 0.3 is 0 Å². The molecule has 0 aliphatic heterocycles. The Morgan fingerprint density at radius 3 is 2.65 bits per heavy atom. The molecule has 1 aliphatic carbocycles. The molecule has 0 heterocycles. The van der Waals surface area contributed by atoms with Crippen molar-refractivity contribution in [2.75, 3.05) is 6.54 Å². The molecule has 0 saturated heterocycles. The molecule has 0 spiro atoms. The maximum atomic E-state index is 12.0. The summed E-state index contributed by atoms with van der Waals surface area (Å²) >= 11 is 0. The number of hydrogen-bond donors (Lipinski definition) is 2. The van der Waals surface area contributed by atoms with E-state index in [-0.39, 0.29) is 17.9 Å². The highest BCUT2D eigenvalue weighted by Crippen LogP contribution is 2.19. The standard InChI is InChI=1S/C19H26N2O2/c1-15(21-19(23)17-10-6-3-7-11-17)14-18(22)20-13-12-16-8-4-2-5-9-16/h3,6-8,10-11,15H,2,4-5,9,12-14H2,1H3,(H,20,22)(H,21,23). The van der Waals surface area contributed by atoms with Crippen LogP contribution in [-0.4, -0.2) is 24.4 Å². The molecule has 0 radical (unpaired) electrons. The Balaban J connectivity index is 1.66. The highest BCUT2D eigenvalue weighted by atomic mass is 16.2. The smallest absolute Gasteiger partial charge is 0.251 e. The average molecular weight is 314 g/mol. The van der Waals surface area contributed by atoms with Gasteiger partial charge in [-0.2, -0.15) is 0 Å². The maximum Gasteiger partial charge on any atom is 0.251 e. The van der Waals surface area contributed by atoms with Crippen LogP contribution < -0.4 is 10.6 Å². The van der Waals surface area contributed by atoms with Crippen molar-refractivity contribution in [1.29, 1.82) is 0 Å². The van der Waals surface area contributed by atoms with Crippen LogP contribution in [0, 0.1) is 0 Å². The summed E-state index contributed by atoms with van der Waals surface area (Å²) in [6.45, 7) is 2.54. The number of carbonyl (C=O) groups excluding carboxylic acids is 2. The first-order valence-electron chi connectivity index (χ1n) is 8.45. The Labute approximate surface area is 138 Å². The lowest BCUT2D eigenvalue weighted by atomic mass is 9.97. The van der Waals surface area contributed by atoms with E-state index < -0.39 is 0 Å². The van der Waals surface area contributed by atoms with E-state index in [1.807, 2.05) is 25.1 Å². The molecule has 2 N–H and O–H groups in total. The van der Waals surface area contributed by atoms with E-state index in [4.69, 9.17) is 0 Å². The van der Waals surface area contributed by atoms with Crippen LogP contribution in [0.15, 0.2) is 42.0 Å². The lowest BCUT2D eigenvalue weighted by Crippen LogP contribution is -2.37. The molecule has 124 valence electrons. The monoisotopic (exact) mass is 314 g/mol. The van der Waals surface area contributed by atoms with E-state index >= 15 is 0 Å². The van der Waals surface area contributed by atoms with Crippen molar-refractivity contribution in [2.45, 2.75) is 51.5 Å². The lowest BCUT2D eigenvalue weighted by Gasteiger charge is -2.15. The molecule has 1 atom stereocenters. The van der Waals surface area contributed by atoms with Crippen LogP contribution in [0.1, 0.15) is 55.8 Å². The van der Waals surface area contributed by atoms with E-state index in [1.165, 1.54) is 31.3 Å². The van der Waals surface area contributed by atoms with E-state index in [1.54, 1.807) is 12.1 Å². The van der Waals surface area contributed by atoms with Crippen molar-refractivity contribution in [1.82, 2.24) is 10.6 Å². The molecular formula is C19H26N2O2. The molecule has 1 aliphatic rings. The fraction of sp³-hybridized carbons (Fsp3) is 0.474. The van der Waals surface area contributed by atoms with Gasteiger partial charge in [0, 0.05) is 24.6 Å². The van der Waals surface area contributed by atoms with Gasteiger partial charge in [-0.05, 0) is 51.2 Å². The minimum atomic E-state index is -0.184. The van der Waals surface area contributed by atoms with Gasteiger partial charge in [-0.15, -0.1) is 0 Å². The van der Waals surface area contributed by atoms with Gasteiger partial charge in [0.05, 0.1) is 0 Å². The van der Waals surface area contributed by atoms with E-state index in [0.29, 0.717) is 18.5 Å². The van der Waals surface area contributed by atoms with Crippen LogP contribution in [0.3, 0.4) is 0 Å². The summed E-state index contributed by atoms with van der Waals surface area (Å²) in [5, 5.41) is 5.80. The van der Waals surface area contributed by atoms with Gasteiger partial charge in [0.1, 0.15) is 0 Å². The van der Waals surface area contributed by atoms with Crippen LogP contribution in [0.4, 0.5) is 0 Å². The van der Waals surface area contributed by atoms with Gasteiger partial charge in [-0.3, -0.25) is 9.59 Å². The van der Waals surface area contributed by atoms with Crippen molar-refractivity contribution in [3.8, 4) is 0 Å². The quantitative estimate of drug-likeness (QED) is 0.759. The van der Waals surface area contributed by atoms with Crippen LogP contribution in [0.25, 0.3) is 0 Å². The Kier molecular flexibility index (Phi) is 6.85. The fourth-order valence-electron chi connectivity index (χ4n) is 2.79. The lowest BCUT2D eigenvalue weighted by molar-refractivity contribution is -0.121. The predicted octanol–water partition coefficient (Wildman–Crippen LogP) is 3.20. The minimum Gasteiger partial charge on any atom is -0.356 e. The second-order valence-corrected chi connectivity index (χ2v) is 6.15. The number of amides is 2. The third-order valence-corrected chi connectivity index (χ3v) is 4.06. The number of hydrogen-bond acceptors (Lipinski definition) is 2. The van der Waals surface area contributed by atoms with Crippen molar-refractivity contribution in [3.63, 3.8) is 0 Å². The van der Waals surface area contributed by atoms with Gasteiger partial charge < -0.3 is 10.6 Å². The third-order valence-electron chi connectivity index (χ3n) is 4.06. The van der Waals surface area contributed by atoms with Crippen LogP contribution in [-0.2, 0) is 4.79 Å². The normalized spacial score (nSPS) is 15.4. The molecule has 2 rings (SSSR count). The number of allylic oxidation sites excluding steroid dienone is 1. The molecule has 0 bridgehead atoms. The molecule has 1 aromatic carbocycles. The van der Waals surface area contributed by atoms with Crippen molar-refractivity contribution in [3.05, 3.63) is 47.5 Å². The maximum absolute atomic E-state index is 12.0. The molecule has 4 heteroatoms. The second kappa shape index (κ2) is 9.13. The Hall–Kier alpha value is -2.10. The van der Waals surface area contributed by atoms with Gasteiger partial charge in [-0.25, -0.2) is 0 Å². The first kappa shape index (κ1) is 17.3. The molecule has 23 heavy (non-hydrogen) atoms. The first-order valence-corrected chi connectivity index (χ1v) is 8.45. The van der Waals surface area contributed by atoms with Crippen LogP contribution in [0.5, 0.6) is 0 Å². The fourth-order valence-corrected chi connectivity index (χ4v) is 2.79. The summed E-state index contributed by atoms with van der Waals surface area (Å²) in [7, 11) is 0. The average Bonchev–Trinajstić information content (AvgIpc) is 2.56. The summed E-state index contributed by atoms with van der Waals surface area (Å²) in [4.78, 5) is 23.9. The summed E-state index contributed by atoms with van der Waals surface area (Å²) in [6.07, 6.45) is 8.44. The zero-order chi connectivity index (χ0) is 16.5. The number of nitrogens with one attached hydrogen (secondary N) is 2. The first-order chi connectivity index (χ1) is 11.1. The molecule has 1 aromatic rings. The van der Waals surface area contributed by atoms with Gasteiger partial charge in [0.2, 0.25) is 5.91 Å². The molecule has 1 unspecified atom stereocenters. The molecular weight excluding hydrogens is 288 g/mol. The number of benzene rings is 1. The van der Waals surface area contributed by atoms with Crippen LogP contribution in [0.2, 0.25) is 0 Å². The Bertz CT molecular complexity index is 552.